The third-order valence-electron chi connectivity index (χ3n) is 5.61. The Hall–Kier alpha value is -3.40. The molecule has 3 aromatic rings. The summed E-state index contributed by atoms with van der Waals surface area (Å²) in [6, 6.07) is 25.6. The van der Waals surface area contributed by atoms with Gasteiger partial charge in [0, 0.05) is 11.4 Å². The molecular formula is C26H26N2O2. The normalized spacial score (nSPS) is 17.3. The predicted octanol–water partition coefficient (Wildman–Crippen LogP) is 5.11. The highest BCUT2D eigenvalue weighted by Crippen LogP contribution is 2.42. The van der Waals surface area contributed by atoms with E-state index in [1.165, 1.54) is 0 Å². The van der Waals surface area contributed by atoms with E-state index in [-0.39, 0.29) is 23.7 Å². The van der Waals surface area contributed by atoms with Crippen LogP contribution in [-0.2, 0) is 16.1 Å². The maximum atomic E-state index is 13.3. The lowest BCUT2D eigenvalue weighted by atomic mass is 10.1. The number of rotatable bonds is 6. The average Bonchev–Trinajstić information content (AvgIpc) is 3.57. The number of amides is 2. The number of aryl methyl sites for hydroxylation is 2. The van der Waals surface area contributed by atoms with E-state index in [1.807, 2.05) is 92.7 Å². The molecular weight excluding hydrogens is 372 g/mol. The fourth-order valence-electron chi connectivity index (χ4n) is 3.72. The highest BCUT2D eigenvalue weighted by Gasteiger charge is 2.49. The summed E-state index contributed by atoms with van der Waals surface area (Å²) in [7, 11) is 0. The zero-order chi connectivity index (χ0) is 21.1. The van der Waals surface area contributed by atoms with E-state index in [0.29, 0.717) is 13.0 Å². The topological polar surface area (TPSA) is 49.4 Å². The van der Waals surface area contributed by atoms with Crippen LogP contribution in [0.1, 0.15) is 23.1 Å². The molecule has 1 aliphatic carbocycles. The van der Waals surface area contributed by atoms with Crippen molar-refractivity contribution in [2.24, 2.45) is 11.8 Å². The summed E-state index contributed by atoms with van der Waals surface area (Å²) >= 11 is 0. The molecule has 2 atom stereocenters. The van der Waals surface area contributed by atoms with Crippen molar-refractivity contribution in [2.45, 2.75) is 26.8 Å². The van der Waals surface area contributed by atoms with Crippen molar-refractivity contribution in [2.75, 3.05) is 10.2 Å². The third-order valence-corrected chi connectivity index (χ3v) is 5.61. The SMILES string of the molecule is Cc1ccc(C)c(NC(=O)C2CC2C(=O)N(Cc2ccccc2)c2ccccc2)c1. The quantitative estimate of drug-likeness (QED) is 0.627. The Morgan fingerprint density at radius 1 is 0.900 bits per heavy atom. The fraction of sp³-hybridized carbons (Fsp3) is 0.231. The van der Waals surface area contributed by atoms with Crippen LogP contribution in [0.25, 0.3) is 0 Å². The van der Waals surface area contributed by atoms with Crippen LogP contribution >= 0.6 is 0 Å². The molecule has 0 heterocycles. The van der Waals surface area contributed by atoms with Crippen molar-refractivity contribution in [3.63, 3.8) is 0 Å². The third kappa shape index (κ3) is 4.43. The van der Waals surface area contributed by atoms with Gasteiger partial charge in [-0.2, -0.15) is 0 Å². The molecule has 0 aliphatic heterocycles. The molecule has 152 valence electrons. The summed E-state index contributed by atoms with van der Waals surface area (Å²) in [5, 5.41) is 3.02. The van der Waals surface area contributed by atoms with Gasteiger partial charge in [-0.15, -0.1) is 0 Å². The van der Waals surface area contributed by atoms with Gasteiger partial charge in [-0.25, -0.2) is 0 Å². The Morgan fingerprint density at radius 3 is 2.27 bits per heavy atom. The largest absolute Gasteiger partial charge is 0.326 e. The van der Waals surface area contributed by atoms with Gasteiger partial charge in [0.2, 0.25) is 11.8 Å². The summed E-state index contributed by atoms with van der Waals surface area (Å²) in [6.07, 6.45) is 0.591. The fourth-order valence-corrected chi connectivity index (χ4v) is 3.72. The van der Waals surface area contributed by atoms with Gasteiger partial charge in [0.05, 0.1) is 18.4 Å². The Bertz CT molecular complexity index is 1050. The van der Waals surface area contributed by atoms with E-state index in [1.54, 1.807) is 4.90 Å². The first kappa shape index (κ1) is 19.9. The lowest BCUT2D eigenvalue weighted by Gasteiger charge is -2.23. The molecule has 30 heavy (non-hydrogen) atoms. The van der Waals surface area contributed by atoms with Crippen molar-refractivity contribution in [3.05, 3.63) is 95.6 Å². The van der Waals surface area contributed by atoms with E-state index < -0.39 is 0 Å². The molecule has 4 rings (SSSR count). The number of anilines is 2. The predicted molar refractivity (Wildman–Crippen MR) is 120 cm³/mol. The monoisotopic (exact) mass is 398 g/mol. The number of hydrogen-bond acceptors (Lipinski definition) is 2. The van der Waals surface area contributed by atoms with E-state index in [0.717, 1.165) is 28.1 Å². The molecule has 0 aromatic heterocycles. The van der Waals surface area contributed by atoms with Crippen molar-refractivity contribution < 1.29 is 9.59 Å². The first-order valence-electron chi connectivity index (χ1n) is 10.3. The van der Waals surface area contributed by atoms with Gasteiger partial charge in [-0.05, 0) is 55.2 Å². The van der Waals surface area contributed by atoms with E-state index in [2.05, 4.69) is 5.32 Å². The molecule has 4 nitrogen and oxygen atoms in total. The number of carbonyl (C=O) groups excluding carboxylic acids is 2. The van der Waals surface area contributed by atoms with Crippen LogP contribution in [0.5, 0.6) is 0 Å². The molecule has 1 fully saturated rings. The Morgan fingerprint density at radius 2 is 1.57 bits per heavy atom. The van der Waals surface area contributed by atoms with E-state index in [4.69, 9.17) is 0 Å². The van der Waals surface area contributed by atoms with Gasteiger partial charge >= 0.3 is 0 Å². The maximum Gasteiger partial charge on any atom is 0.231 e. The lowest BCUT2D eigenvalue weighted by Crippen LogP contribution is -2.33. The Balaban J connectivity index is 1.49. The second-order valence-electron chi connectivity index (χ2n) is 8.00. The molecule has 1 saturated carbocycles. The standard InChI is InChI=1S/C26H26N2O2/c1-18-13-14-19(2)24(15-18)27-25(29)22-16-23(22)26(30)28(21-11-7-4-8-12-21)17-20-9-5-3-6-10-20/h3-15,22-23H,16-17H2,1-2H3,(H,27,29). The zero-order valence-corrected chi connectivity index (χ0v) is 17.3. The molecule has 1 aliphatic rings. The van der Waals surface area contributed by atoms with Gasteiger partial charge < -0.3 is 10.2 Å². The van der Waals surface area contributed by atoms with Crippen LogP contribution in [-0.4, -0.2) is 11.8 Å². The molecule has 0 spiro atoms. The first-order chi connectivity index (χ1) is 14.5. The van der Waals surface area contributed by atoms with Crippen molar-refractivity contribution >= 4 is 23.2 Å². The van der Waals surface area contributed by atoms with Crippen molar-refractivity contribution in [3.8, 4) is 0 Å². The van der Waals surface area contributed by atoms with E-state index in [9.17, 15) is 9.59 Å². The summed E-state index contributed by atoms with van der Waals surface area (Å²) < 4.78 is 0. The number of hydrogen-bond donors (Lipinski definition) is 1. The minimum atomic E-state index is -0.279. The average molecular weight is 399 g/mol. The number of para-hydroxylation sites is 1. The molecule has 2 unspecified atom stereocenters. The second-order valence-corrected chi connectivity index (χ2v) is 8.00. The van der Waals surface area contributed by atoms with Crippen LogP contribution in [0, 0.1) is 25.7 Å². The van der Waals surface area contributed by atoms with Crippen LogP contribution in [0.3, 0.4) is 0 Å². The minimum Gasteiger partial charge on any atom is -0.326 e. The highest BCUT2D eigenvalue weighted by atomic mass is 16.2. The van der Waals surface area contributed by atoms with Gasteiger partial charge in [0.1, 0.15) is 0 Å². The van der Waals surface area contributed by atoms with E-state index >= 15 is 0 Å². The smallest absolute Gasteiger partial charge is 0.231 e. The molecule has 0 saturated heterocycles. The first-order valence-corrected chi connectivity index (χ1v) is 10.3. The molecule has 0 bridgehead atoms. The second kappa shape index (κ2) is 8.54. The number of benzene rings is 3. The lowest BCUT2D eigenvalue weighted by molar-refractivity contribution is -0.123. The van der Waals surface area contributed by atoms with Crippen molar-refractivity contribution in [1.82, 2.24) is 0 Å². The maximum absolute atomic E-state index is 13.3. The summed E-state index contributed by atoms with van der Waals surface area (Å²) in [6.45, 7) is 4.47. The zero-order valence-electron chi connectivity index (χ0n) is 17.3. The molecule has 0 radical (unpaired) electrons. The highest BCUT2D eigenvalue weighted by molar-refractivity contribution is 6.04. The number of nitrogens with zero attached hydrogens (tertiary/aromatic N) is 1. The van der Waals surface area contributed by atoms with Crippen LogP contribution < -0.4 is 10.2 Å². The molecule has 3 aromatic carbocycles. The van der Waals surface area contributed by atoms with Crippen LogP contribution in [0.15, 0.2) is 78.9 Å². The van der Waals surface area contributed by atoms with Crippen LogP contribution in [0.4, 0.5) is 11.4 Å². The van der Waals surface area contributed by atoms with Crippen LogP contribution in [0.2, 0.25) is 0 Å². The van der Waals surface area contributed by atoms with Gasteiger partial charge in [-0.1, -0.05) is 60.7 Å². The Kier molecular flexibility index (Phi) is 5.66. The number of nitrogens with one attached hydrogen (secondary N) is 1. The molecule has 1 N–H and O–H groups in total. The summed E-state index contributed by atoms with van der Waals surface area (Å²) in [5.74, 6) is -0.626. The molecule has 4 heteroatoms. The summed E-state index contributed by atoms with van der Waals surface area (Å²) in [5.41, 5.74) is 4.85. The van der Waals surface area contributed by atoms with Gasteiger partial charge in [0.25, 0.3) is 0 Å². The number of carbonyl (C=O) groups is 2. The van der Waals surface area contributed by atoms with Crippen molar-refractivity contribution in [1.29, 1.82) is 0 Å². The van der Waals surface area contributed by atoms with Gasteiger partial charge in [0.15, 0.2) is 0 Å². The minimum absolute atomic E-state index is 0.00571. The van der Waals surface area contributed by atoms with Gasteiger partial charge in [-0.3, -0.25) is 9.59 Å². The Labute approximate surface area is 177 Å². The summed E-state index contributed by atoms with van der Waals surface area (Å²) in [4.78, 5) is 27.9. The molecule has 2 amide bonds.